The number of hydrogen-bond acceptors (Lipinski definition) is 2. The van der Waals surface area contributed by atoms with Crippen molar-refractivity contribution in [1.29, 1.82) is 0 Å². The van der Waals surface area contributed by atoms with E-state index in [9.17, 15) is 9.59 Å². The Kier molecular flexibility index (Phi) is 4.20. The molecule has 1 aliphatic carbocycles. The molecule has 2 aromatic carbocycles. The molecule has 4 rings (SSSR count). The summed E-state index contributed by atoms with van der Waals surface area (Å²) in [7, 11) is 0. The summed E-state index contributed by atoms with van der Waals surface area (Å²) in [5.41, 5.74) is 0.515. The molecular weight excluding hydrogens is 371 g/mol. The number of carbonyl (C=O) groups is 2. The van der Waals surface area contributed by atoms with Crippen LogP contribution in [0.15, 0.2) is 48.5 Å². The maximum Gasteiger partial charge on any atom is 0.332 e. The Hall–Kier alpha value is -2.04. The van der Waals surface area contributed by atoms with Crippen LogP contribution in [0.2, 0.25) is 10.0 Å². The van der Waals surface area contributed by atoms with E-state index < -0.39 is 5.54 Å². The van der Waals surface area contributed by atoms with Crippen LogP contribution in [0.1, 0.15) is 25.3 Å². The van der Waals surface area contributed by atoms with Crippen molar-refractivity contribution >= 4 is 40.8 Å². The Balaban J connectivity index is 1.76. The van der Waals surface area contributed by atoms with Gasteiger partial charge in [0.25, 0.3) is 5.91 Å². The highest BCUT2D eigenvalue weighted by Crippen LogP contribution is 2.43. The van der Waals surface area contributed by atoms with E-state index in [4.69, 9.17) is 23.2 Å². The molecule has 3 amide bonds. The van der Waals surface area contributed by atoms with E-state index in [0.29, 0.717) is 22.2 Å². The van der Waals surface area contributed by atoms with Crippen molar-refractivity contribution in [1.82, 2.24) is 4.90 Å². The summed E-state index contributed by atoms with van der Waals surface area (Å²) < 4.78 is 0. The molecule has 1 aliphatic heterocycles. The second-order valence-corrected chi connectivity index (χ2v) is 7.96. The number of imide groups is 1. The molecule has 2 aliphatic rings. The van der Waals surface area contributed by atoms with E-state index >= 15 is 0 Å². The number of carbonyl (C=O) groups excluding carboxylic acids is 2. The van der Waals surface area contributed by atoms with Crippen molar-refractivity contribution in [2.75, 3.05) is 4.90 Å². The van der Waals surface area contributed by atoms with Gasteiger partial charge in [0.05, 0.1) is 5.69 Å². The summed E-state index contributed by atoms with van der Waals surface area (Å²) in [6.45, 7) is 1.85. The average molecular weight is 389 g/mol. The van der Waals surface area contributed by atoms with Gasteiger partial charge >= 0.3 is 6.03 Å². The van der Waals surface area contributed by atoms with Crippen molar-refractivity contribution in [3.63, 3.8) is 0 Å². The predicted octanol–water partition coefficient (Wildman–Crippen LogP) is 4.93. The standard InChI is InChI=1S/C20H18Cl2N2O2/c1-20(12-13-5-3-2-4-6-13)18(25)23(19(26)24(20)16-7-8-16)17-10-14(21)9-15(22)11-17/h2-6,9-11,16H,7-8,12H2,1H3. The maximum atomic E-state index is 13.4. The van der Waals surface area contributed by atoms with Crippen molar-refractivity contribution in [3.8, 4) is 0 Å². The first-order chi connectivity index (χ1) is 12.4. The topological polar surface area (TPSA) is 40.6 Å². The van der Waals surface area contributed by atoms with Crippen LogP contribution in [0.5, 0.6) is 0 Å². The van der Waals surface area contributed by atoms with Crippen molar-refractivity contribution in [2.24, 2.45) is 0 Å². The van der Waals surface area contributed by atoms with Gasteiger partial charge < -0.3 is 4.90 Å². The minimum atomic E-state index is -0.922. The van der Waals surface area contributed by atoms with Crippen LogP contribution in [-0.2, 0) is 11.2 Å². The first-order valence-electron chi connectivity index (χ1n) is 8.58. The Labute approximate surface area is 162 Å². The largest absolute Gasteiger partial charge is 0.332 e. The fourth-order valence-electron chi connectivity index (χ4n) is 3.69. The SMILES string of the molecule is CC1(Cc2ccccc2)C(=O)N(c2cc(Cl)cc(Cl)c2)C(=O)N1C1CC1. The molecule has 2 fully saturated rings. The molecule has 0 N–H and O–H groups in total. The highest BCUT2D eigenvalue weighted by atomic mass is 35.5. The fourth-order valence-corrected chi connectivity index (χ4v) is 4.21. The summed E-state index contributed by atoms with van der Waals surface area (Å²) >= 11 is 12.2. The van der Waals surface area contributed by atoms with Gasteiger partial charge in [-0.15, -0.1) is 0 Å². The molecule has 0 bridgehead atoms. The Bertz CT molecular complexity index is 862. The summed E-state index contributed by atoms with van der Waals surface area (Å²) in [6, 6.07) is 14.4. The zero-order valence-corrected chi connectivity index (χ0v) is 15.8. The lowest BCUT2D eigenvalue weighted by Gasteiger charge is -2.32. The number of hydrogen-bond donors (Lipinski definition) is 0. The van der Waals surface area contributed by atoms with Crippen LogP contribution in [0.3, 0.4) is 0 Å². The molecule has 0 radical (unpaired) electrons. The van der Waals surface area contributed by atoms with E-state index in [1.54, 1.807) is 23.1 Å². The number of benzene rings is 2. The second kappa shape index (κ2) is 6.29. The normalized spacial score (nSPS) is 23.0. The van der Waals surface area contributed by atoms with E-state index in [1.165, 1.54) is 4.90 Å². The molecule has 6 heteroatoms. The molecule has 1 heterocycles. The maximum absolute atomic E-state index is 13.4. The van der Waals surface area contributed by atoms with Gasteiger partial charge in [0.2, 0.25) is 0 Å². The summed E-state index contributed by atoms with van der Waals surface area (Å²) in [4.78, 5) is 29.5. The molecule has 1 atom stereocenters. The third-order valence-corrected chi connectivity index (χ3v) is 5.44. The highest BCUT2D eigenvalue weighted by Gasteiger charge is 2.58. The molecule has 134 valence electrons. The first kappa shape index (κ1) is 17.4. The Morgan fingerprint density at radius 3 is 2.23 bits per heavy atom. The Morgan fingerprint density at radius 1 is 1.04 bits per heavy atom. The minimum absolute atomic E-state index is 0.111. The Morgan fingerprint density at radius 2 is 1.65 bits per heavy atom. The molecule has 1 saturated carbocycles. The molecule has 0 spiro atoms. The molecule has 4 nitrogen and oxygen atoms in total. The molecule has 1 unspecified atom stereocenters. The van der Waals surface area contributed by atoms with Crippen molar-refractivity contribution in [2.45, 2.75) is 37.8 Å². The van der Waals surface area contributed by atoms with Gasteiger partial charge in [-0.25, -0.2) is 9.69 Å². The lowest BCUT2D eigenvalue weighted by molar-refractivity contribution is -0.124. The zero-order valence-electron chi connectivity index (χ0n) is 14.3. The van der Waals surface area contributed by atoms with Gasteiger partial charge in [-0.2, -0.15) is 0 Å². The van der Waals surface area contributed by atoms with Gasteiger partial charge in [-0.05, 0) is 43.5 Å². The molecule has 0 aromatic heterocycles. The van der Waals surface area contributed by atoms with E-state index in [-0.39, 0.29) is 18.0 Å². The van der Waals surface area contributed by atoms with E-state index in [0.717, 1.165) is 18.4 Å². The van der Waals surface area contributed by atoms with Crippen LogP contribution in [0, 0.1) is 0 Å². The highest BCUT2D eigenvalue weighted by molar-refractivity contribution is 6.35. The quantitative estimate of drug-likeness (QED) is 0.696. The van der Waals surface area contributed by atoms with Gasteiger partial charge in [-0.3, -0.25) is 4.79 Å². The van der Waals surface area contributed by atoms with Gasteiger partial charge in [0.15, 0.2) is 0 Å². The zero-order chi connectivity index (χ0) is 18.5. The summed E-state index contributed by atoms with van der Waals surface area (Å²) in [5.74, 6) is -0.239. The number of halogens is 2. The number of rotatable bonds is 4. The van der Waals surface area contributed by atoms with E-state index in [1.807, 2.05) is 37.3 Å². The smallest absolute Gasteiger partial charge is 0.306 e. The van der Waals surface area contributed by atoms with Gasteiger partial charge in [0, 0.05) is 22.5 Å². The molecule has 2 aromatic rings. The molecule has 26 heavy (non-hydrogen) atoms. The monoisotopic (exact) mass is 388 g/mol. The second-order valence-electron chi connectivity index (χ2n) is 7.09. The lowest BCUT2D eigenvalue weighted by atomic mass is 9.91. The summed E-state index contributed by atoms with van der Waals surface area (Å²) in [5, 5.41) is 0.783. The molecular formula is C20H18Cl2N2O2. The number of amides is 3. The number of nitrogens with zero attached hydrogens (tertiary/aromatic N) is 2. The lowest BCUT2D eigenvalue weighted by Crippen LogP contribution is -2.50. The van der Waals surface area contributed by atoms with Crippen LogP contribution in [-0.4, -0.2) is 28.4 Å². The number of urea groups is 1. The minimum Gasteiger partial charge on any atom is -0.306 e. The average Bonchev–Trinajstić information content (AvgIpc) is 3.37. The van der Waals surface area contributed by atoms with Gasteiger partial charge in [-0.1, -0.05) is 53.5 Å². The van der Waals surface area contributed by atoms with Gasteiger partial charge in [0.1, 0.15) is 5.54 Å². The summed E-state index contributed by atoms with van der Waals surface area (Å²) in [6.07, 6.45) is 2.32. The predicted molar refractivity (Wildman–Crippen MR) is 103 cm³/mol. The van der Waals surface area contributed by atoms with Crippen LogP contribution >= 0.6 is 23.2 Å². The molecule has 1 saturated heterocycles. The fraction of sp³-hybridized carbons (Fsp3) is 0.300. The number of anilines is 1. The van der Waals surface area contributed by atoms with Crippen LogP contribution < -0.4 is 4.90 Å². The van der Waals surface area contributed by atoms with Crippen LogP contribution in [0.25, 0.3) is 0 Å². The van der Waals surface area contributed by atoms with E-state index in [2.05, 4.69) is 0 Å². The first-order valence-corrected chi connectivity index (χ1v) is 9.33. The third kappa shape index (κ3) is 2.87. The third-order valence-electron chi connectivity index (χ3n) is 5.00. The van der Waals surface area contributed by atoms with Crippen molar-refractivity contribution in [3.05, 3.63) is 64.1 Å². The van der Waals surface area contributed by atoms with Crippen molar-refractivity contribution < 1.29 is 9.59 Å². The van der Waals surface area contributed by atoms with Crippen LogP contribution in [0.4, 0.5) is 10.5 Å².